The Morgan fingerprint density at radius 1 is 1.30 bits per heavy atom. The van der Waals surface area contributed by atoms with Crippen molar-refractivity contribution in [2.45, 2.75) is 26.2 Å². The van der Waals surface area contributed by atoms with Gasteiger partial charge in [0.25, 0.3) is 0 Å². The molecule has 0 spiro atoms. The largest absolute Gasteiger partial charge is 0.382 e. The summed E-state index contributed by atoms with van der Waals surface area (Å²) < 4.78 is 10.6. The summed E-state index contributed by atoms with van der Waals surface area (Å²) in [6, 6.07) is 0. The van der Waals surface area contributed by atoms with Crippen LogP contribution in [0.1, 0.15) is 26.2 Å². The van der Waals surface area contributed by atoms with Crippen molar-refractivity contribution in [3.05, 3.63) is 0 Å². The number of likely N-dealkylation sites (tertiary alicyclic amines) is 1. The van der Waals surface area contributed by atoms with Gasteiger partial charge in [-0.1, -0.05) is 6.92 Å². The topological polar surface area (TPSA) is 75.2 Å². The lowest BCUT2D eigenvalue weighted by Crippen LogP contribution is -2.41. The fourth-order valence-corrected chi connectivity index (χ4v) is 2.53. The van der Waals surface area contributed by atoms with Crippen molar-refractivity contribution in [2.24, 2.45) is 10.9 Å². The van der Waals surface area contributed by atoms with Crippen LogP contribution in [0.2, 0.25) is 0 Å². The van der Waals surface area contributed by atoms with Gasteiger partial charge in [-0.2, -0.15) is 0 Å². The number of methoxy groups -OCH3 is 1. The second-order valence-electron chi connectivity index (χ2n) is 5.74. The fourth-order valence-electron chi connectivity index (χ4n) is 2.53. The van der Waals surface area contributed by atoms with E-state index < -0.39 is 0 Å². The molecule has 0 aromatic heterocycles. The van der Waals surface area contributed by atoms with E-state index in [1.165, 1.54) is 0 Å². The van der Waals surface area contributed by atoms with E-state index in [2.05, 4.69) is 20.5 Å². The number of hydrogen-bond donors (Lipinski definition) is 2. The number of aliphatic imine (C=N–C) groups is 1. The number of rotatable bonds is 10. The van der Waals surface area contributed by atoms with Crippen LogP contribution in [0, 0.1) is 5.92 Å². The van der Waals surface area contributed by atoms with E-state index in [0.717, 1.165) is 45.0 Å². The number of nitrogens with one attached hydrogen (secondary N) is 2. The third-order valence-corrected chi connectivity index (χ3v) is 3.79. The van der Waals surface area contributed by atoms with Crippen LogP contribution in [-0.4, -0.2) is 76.9 Å². The van der Waals surface area contributed by atoms with Crippen LogP contribution >= 0.6 is 0 Å². The smallest absolute Gasteiger partial charge is 0.221 e. The third kappa shape index (κ3) is 8.18. The first-order chi connectivity index (χ1) is 11.2. The number of guanidine groups is 1. The second kappa shape index (κ2) is 12.1. The molecule has 7 heteroatoms. The lowest BCUT2D eigenvalue weighted by atomic mass is 10.1. The van der Waals surface area contributed by atoms with Crippen molar-refractivity contribution < 1.29 is 14.3 Å². The normalized spacial score (nSPS) is 18.3. The molecule has 1 unspecified atom stereocenters. The van der Waals surface area contributed by atoms with Crippen LogP contribution < -0.4 is 10.6 Å². The summed E-state index contributed by atoms with van der Waals surface area (Å²) in [5.41, 5.74) is 0. The molecule has 2 N–H and O–H groups in total. The zero-order valence-corrected chi connectivity index (χ0v) is 14.8. The first-order valence-electron chi connectivity index (χ1n) is 8.50. The van der Waals surface area contributed by atoms with Crippen molar-refractivity contribution in [1.29, 1.82) is 0 Å². The molecular weight excluding hydrogens is 296 g/mol. The Kier molecular flexibility index (Phi) is 10.4. The Labute approximate surface area is 139 Å². The van der Waals surface area contributed by atoms with E-state index in [-0.39, 0.29) is 5.91 Å². The molecule has 1 amide bonds. The van der Waals surface area contributed by atoms with Crippen LogP contribution in [0.5, 0.6) is 0 Å². The van der Waals surface area contributed by atoms with Gasteiger partial charge in [-0.3, -0.25) is 9.79 Å². The number of hydrogen-bond acceptors (Lipinski definition) is 4. The third-order valence-electron chi connectivity index (χ3n) is 3.79. The summed E-state index contributed by atoms with van der Waals surface area (Å²) in [5, 5.41) is 6.14. The molecule has 1 heterocycles. The zero-order valence-electron chi connectivity index (χ0n) is 14.8. The van der Waals surface area contributed by atoms with Crippen LogP contribution in [0.3, 0.4) is 0 Å². The number of ether oxygens (including phenoxy) is 2. The highest BCUT2D eigenvalue weighted by Crippen LogP contribution is 2.16. The van der Waals surface area contributed by atoms with Gasteiger partial charge in [0.15, 0.2) is 5.96 Å². The Morgan fingerprint density at radius 2 is 2.13 bits per heavy atom. The van der Waals surface area contributed by atoms with Crippen LogP contribution in [0.15, 0.2) is 4.99 Å². The molecule has 1 aliphatic heterocycles. The maximum absolute atomic E-state index is 11.6. The van der Waals surface area contributed by atoms with Gasteiger partial charge in [-0.15, -0.1) is 0 Å². The Balaban J connectivity index is 2.21. The molecule has 0 aliphatic carbocycles. The van der Waals surface area contributed by atoms with E-state index in [9.17, 15) is 4.79 Å². The molecule has 134 valence electrons. The summed E-state index contributed by atoms with van der Waals surface area (Å²) in [6.45, 7) is 7.35. The van der Waals surface area contributed by atoms with Gasteiger partial charge in [-0.05, 0) is 12.8 Å². The molecule has 23 heavy (non-hydrogen) atoms. The molecule has 0 aromatic rings. The molecule has 1 saturated heterocycles. The van der Waals surface area contributed by atoms with E-state index in [0.29, 0.717) is 32.1 Å². The van der Waals surface area contributed by atoms with Gasteiger partial charge < -0.3 is 25.0 Å². The minimum absolute atomic E-state index is 0.0839. The van der Waals surface area contributed by atoms with Crippen molar-refractivity contribution in [1.82, 2.24) is 15.5 Å². The Hall–Kier alpha value is -1.34. The van der Waals surface area contributed by atoms with Gasteiger partial charge in [0, 0.05) is 52.7 Å². The lowest BCUT2D eigenvalue weighted by molar-refractivity contribution is -0.120. The van der Waals surface area contributed by atoms with Gasteiger partial charge in [-0.25, -0.2) is 0 Å². The molecule has 0 radical (unpaired) electrons. The van der Waals surface area contributed by atoms with Crippen molar-refractivity contribution in [2.75, 3.05) is 60.2 Å². The van der Waals surface area contributed by atoms with Gasteiger partial charge in [0.1, 0.15) is 0 Å². The van der Waals surface area contributed by atoms with Gasteiger partial charge >= 0.3 is 0 Å². The fraction of sp³-hybridized carbons (Fsp3) is 0.875. The standard InChI is InChI=1S/C16H32N4O3/c1-4-7-18-15(21)5-8-19-16(17-2)20-9-6-14(12-20)13-23-11-10-22-3/h14H,4-13H2,1-3H3,(H,17,19)(H,18,21). The zero-order chi connectivity index (χ0) is 16.9. The van der Waals surface area contributed by atoms with E-state index in [4.69, 9.17) is 9.47 Å². The molecular formula is C16H32N4O3. The van der Waals surface area contributed by atoms with E-state index >= 15 is 0 Å². The van der Waals surface area contributed by atoms with Gasteiger partial charge in [0.2, 0.25) is 5.91 Å². The monoisotopic (exact) mass is 328 g/mol. The minimum atomic E-state index is 0.0839. The SMILES string of the molecule is CCCNC(=O)CCNC(=NC)N1CCC(COCCOC)C1. The molecule has 7 nitrogen and oxygen atoms in total. The number of amides is 1. The summed E-state index contributed by atoms with van der Waals surface area (Å²) in [5.74, 6) is 1.48. The summed E-state index contributed by atoms with van der Waals surface area (Å²) >= 11 is 0. The van der Waals surface area contributed by atoms with Crippen molar-refractivity contribution >= 4 is 11.9 Å². The summed E-state index contributed by atoms with van der Waals surface area (Å²) in [6.07, 6.45) is 2.53. The van der Waals surface area contributed by atoms with E-state index in [1.807, 2.05) is 6.92 Å². The average molecular weight is 328 g/mol. The Morgan fingerprint density at radius 3 is 2.83 bits per heavy atom. The average Bonchev–Trinajstić information content (AvgIpc) is 3.02. The molecule has 0 saturated carbocycles. The highest BCUT2D eigenvalue weighted by atomic mass is 16.5. The first kappa shape index (κ1) is 19.7. The maximum atomic E-state index is 11.6. The van der Waals surface area contributed by atoms with Gasteiger partial charge in [0.05, 0.1) is 19.8 Å². The lowest BCUT2D eigenvalue weighted by Gasteiger charge is -2.21. The summed E-state index contributed by atoms with van der Waals surface area (Å²) in [4.78, 5) is 18.1. The van der Waals surface area contributed by atoms with Crippen LogP contribution in [-0.2, 0) is 14.3 Å². The maximum Gasteiger partial charge on any atom is 0.221 e. The van der Waals surface area contributed by atoms with Crippen LogP contribution in [0.4, 0.5) is 0 Å². The number of nitrogens with zero attached hydrogens (tertiary/aromatic N) is 2. The highest BCUT2D eigenvalue weighted by Gasteiger charge is 2.24. The Bertz CT molecular complexity index is 363. The molecule has 0 bridgehead atoms. The van der Waals surface area contributed by atoms with Crippen molar-refractivity contribution in [3.63, 3.8) is 0 Å². The molecule has 1 aliphatic rings. The van der Waals surface area contributed by atoms with Crippen LogP contribution in [0.25, 0.3) is 0 Å². The number of carbonyl (C=O) groups is 1. The molecule has 1 fully saturated rings. The molecule has 0 aromatic carbocycles. The minimum Gasteiger partial charge on any atom is -0.382 e. The summed E-state index contributed by atoms with van der Waals surface area (Å²) in [7, 11) is 3.46. The first-order valence-corrected chi connectivity index (χ1v) is 8.50. The predicted molar refractivity (Wildman–Crippen MR) is 91.7 cm³/mol. The van der Waals surface area contributed by atoms with E-state index in [1.54, 1.807) is 14.2 Å². The number of carbonyl (C=O) groups excluding carboxylic acids is 1. The molecule has 1 rings (SSSR count). The molecule has 1 atom stereocenters. The predicted octanol–water partition coefficient (Wildman–Crippen LogP) is 0.463. The van der Waals surface area contributed by atoms with Crippen molar-refractivity contribution in [3.8, 4) is 0 Å². The second-order valence-corrected chi connectivity index (χ2v) is 5.74. The highest BCUT2D eigenvalue weighted by molar-refractivity contribution is 5.81. The quantitative estimate of drug-likeness (QED) is 0.346.